The molecule has 0 radical (unpaired) electrons. The Balaban J connectivity index is 2.92. The summed E-state index contributed by atoms with van der Waals surface area (Å²) in [5.41, 5.74) is -0.481. The Kier molecular flexibility index (Phi) is 5.67. The molecule has 0 heterocycles. The van der Waals surface area contributed by atoms with Crippen molar-refractivity contribution in [3.63, 3.8) is 0 Å². The molecule has 3 N–H and O–H groups in total. The van der Waals surface area contributed by atoms with Gasteiger partial charge in [-0.25, -0.2) is 8.42 Å². The van der Waals surface area contributed by atoms with E-state index in [4.69, 9.17) is 16.2 Å². The Hall–Kier alpha value is -1.64. The predicted octanol–water partition coefficient (Wildman–Crippen LogP) is 1.04. The second-order valence-electron chi connectivity index (χ2n) is 5.41. The van der Waals surface area contributed by atoms with Gasteiger partial charge in [-0.2, -0.15) is 16.8 Å². The molecule has 2 aromatic rings. The SMILES string of the molecule is CN(c1cc2c(O)cc(S(=O)(=O)O)cc2cc1S(=O)(=O)O)S(=O)(=O)CCCl. The van der Waals surface area contributed by atoms with E-state index in [1.807, 2.05) is 0 Å². The van der Waals surface area contributed by atoms with Gasteiger partial charge in [-0.1, -0.05) is 0 Å². The number of fused-ring (bicyclic) bond motifs is 1. The molecular weight excluding hydrogens is 446 g/mol. The highest BCUT2D eigenvalue weighted by molar-refractivity contribution is 7.93. The quantitative estimate of drug-likeness (QED) is 0.422. The fraction of sp³-hybridized carbons (Fsp3) is 0.231. The van der Waals surface area contributed by atoms with E-state index in [-0.39, 0.29) is 16.7 Å². The lowest BCUT2D eigenvalue weighted by Gasteiger charge is -2.22. The number of benzene rings is 2. The van der Waals surface area contributed by atoms with Gasteiger partial charge < -0.3 is 5.11 Å². The number of sulfonamides is 1. The van der Waals surface area contributed by atoms with Gasteiger partial charge in [-0.15, -0.1) is 11.6 Å². The Morgan fingerprint density at radius 1 is 0.963 bits per heavy atom. The van der Waals surface area contributed by atoms with Crippen LogP contribution in [0.2, 0.25) is 0 Å². The van der Waals surface area contributed by atoms with Crippen molar-refractivity contribution < 1.29 is 39.5 Å². The van der Waals surface area contributed by atoms with Crippen molar-refractivity contribution in [1.82, 2.24) is 0 Å². The fourth-order valence-electron chi connectivity index (χ4n) is 2.32. The van der Waals surface area contributed by atoms with Crippen molar-refractivity contribution in [1.29, 1.82) is 0 Å². The molecule has 0 aliphatic rings. The number of alkyl halides is 1. The van der Waals surface area contributed by atoms with Crippen LogP contribution in [0.15, 0.2) is 34.1 Å². The van der Waals surface area contributed by atoms with Gasteiger partial charge in [0.25, 0.3) is 20.2 Å². The van der Waals surface area contributed by atoms with Gasteiger partial charge in [0, 0.05) is 24.4 Å². The number of aromatic hydroxyl groups is 1. The number of phenols is 1. The van der Waals surface area contributed by atoms with Crippen LogP contribution in [-0.2, 0) is 30.3 Å². The van der Waals surface area contributed by atoms with Gasteiger partial charge in [-0.3, -0.25) is 13.4 Å². The summed E-state index contributed by atoms with van der Waals surface area (Å²) in [6, 6.07) is 3.30. The van der Waals surface area contributed by atoms with Gasteiger partial charge in [0.1, 0.15) is 10.6 Å². The maximum atomic E-state index is 12.2. The Morgan fingerprint density at radius 2 is 1.56 bits per heavy atom. The summed E-state index contributed by atoms with van der Waals surface area (Å²) in [7, 11) is -12.7. The minimum absolute atomic E-state index is 0.113. The third kappa shape index (κ3) is 4.44. The van der Waals surface area contributed by atoms with Gasteiger partial charge in [0.15, 0.2) is 0 Å². The van der Waals surface area contributed by atoms with Crippen LogP contribution in [0.3, 0.4) is 0 Å². The molecule has 0 unspecified atom stereocenters. The van der Waals surface area contributed by atoms with Crippen molar-refractivity contribution >= 4 is 58.3 Å². The molecule has 2 rings (SSSR count). The average molecular weight is 460 g/mol. The highest BCUT2D eigenvalue weighted by Gasteiger charge is 2.27. The number of anilines is 1. The second-order valence-corrected chi connectivity index (χ2v) is 10.7. The second kappa shape index (κ2) is 7.07. The van der Waals surface area contributed by atoms with E-state index in [9.17, 15) is 34.9 Å². The first-order valence-corrected chi connectivity index (χ1v) is 12.0. The summed E-state index contributed by atoms with van der Waals surface area (Å²) in [6.45, 7) is 0. The number of halogens is 1. The van der Waals surface area contributed by atoms with E-state index in [1.54, 1.807) is 0 Å². The van der Waals surface area contributed by atoms with E-state index >= 15 is 0 Å². The van der Waals surface area contributed by atoms with Crippen LogP contribution < -0.4 is 4.31 Å². The lowest BCUT2D eigenvalue weighted by atomic mass is 10.1. The molecule has 0 amide bonds. The Morgan fingerprint density at radius 3 is 2.04 bits per heavy atom. The lowest BCUT2D eigenvalue weighted by molar-refractivity contribution is 0.471. The summed E-state index contributed by atoms with van der Waals surface area (Å²) < 4.78 is 89.6. The summed E-state index contributed by atoms with van der Waals surface area (Å²) in [5, 5.41) is 9.75. The smallest absolute Gasteiger partial charge is 0.296 e. The molecule has 14 heteroatoms. The van der Waals surface area contributed by atoms with Crippen LogP contribution >= 0.6 is 11.6 Å². The zero-order chi connectivity index (χ0) is 20.8. The molecule has 0 aliphatic carbocycles. The third-order valence-corrected chi connectivity index (χ3v) is 7.53. The monoisotopic (exact) mass is 459 g/mol. The first-order chi connectivity index (χ1) is 12.2. The summed E-state index contributed by atoms with van der Waals surface area (Å²) in [6.07, 6.45) is 0. The molecule has 0 spiro atoms. The van der Waals surface area contributed by atoms with Crippen LogP contribution in [0, 0.1) is 0 Å². The molecule has 2 aromatic carbocycles. The molecule has 0 fully saturated rings. The lowest BCUT2D eigenvalue weighted by Crippen LogP contribution is -2.30. The van der Waals surface area contributed by atoms with Crippen molar-refractivity contribution in [3.8, 4) is 5.75 Å². The Labute approximate surface area is 160 Å². The molecule has 0 aromatic heterocycles. The first-order valence-electron chi connectivity index (χ1n) is 6.97. The van der Waals surface area contributed by atoms with Crippen molar-refractivity contribution in [2.24, 2.45) is 0 Å². The van der Waals surface area contributed by atoms with Crippen LogP contribution in [0.5, 0.6) is 5.75 Å². The van der Waals surface area contributed by atoms with Gasteiger partial charge in [0.05, 0.1) is 16.3 Å². The topological polar surface area (TPSA) is 166 Å². The first kappa shape index (κ1) is 21.7. The van der Waals surface area contributed by atoms with Gasteiger partial charge in [0.2, 0.25) is 10.0 Å². The number of rotatable bonds is 6. The zero-order valence-electron chi connectivity index (χ0n) is 13.6. The van der Waals surface area contributed by atoms with Crippen LogP contribution in [0.4, 0.5) is 5.69 Å². The van der Waals surface area contributed by atoms with E-state index in [0.717, 1.165) is 25.2 Å². The minimum Gasteiger partial charge on any atom is -0.507 e. The fourth-order valence-corrected chi connectivity index (χ4v) is 5.15. The van der Waals surface area contributed by atoms with Crippen molar-refractivity contribution in [3.05, 3.63) is 24.3 Å². The summed E-state index contributed by atoms with van der Waals surface area (Å²) >= 11 is 5.43. The van der Waals surface area contributed by atoms with E-state index < -0.39 is 57.2 Å². The largest absolute Gasteiger partial charge is 0.507 e. The number of hydrogen-bond donors (Lipinski definition) is 3. The maximum Gasteiger partial charge on any atom is 0.296 e. The third-order valence-electron chi connectivity index (χ3n) is 3.65. The zero-order valence-corrected chi connectivity index (χ0v) is 16.8. The number of nitrogens with zero attached hydrogens (tertiary/aromatic N) is 1. The molecule has 0 saturated heterocycles. The Bertz CT molecular complexity index is 1220. The van der Waals surface area contributed by atoms with E-state index in [2.05, 4.69) is 0 Å². The van der Waals surface area contributed by atoms with Crippen LogP contribution in [0.25, 0.3) is 10.8 Å². The molecular formula is C13H14ClNO9S3. The number of hydrogen-bond acceptors (Lipinski definition) is 7. The predicted molar refractivity (Wildman–Crippen MR) is 98.2 cm³/mol. The summed E-state index contributed by atoms with van der Waals surface area (Å²) in [5.74, 6) is -1.46. The van der Waals surface area contributed by atoms with E-state index in [1.165, 1.54) is 0 Å². The van der Waals surface area contributed by atoms with Crippen LogP contribution in [-0.4, -0.2) is 58.1 Å². The molecule has 27 heavy (non-hydrogen) atoms. The normalized spacial score (nSPS) is 13.0. The van der Waals surface area contributed by atoms with Crippen molar-refractivity contribution in [2.45, 2.75) is 9.79 Å². The average Bonchev–Trinajstić information content (AvgIpc) is 2.51. The van der Waals surface area contributed by atoms with Crippen LogP contribution in [0.1, 0.15) is 0 Å². The molecule has 0 saturated carbocycles. The van der Waals surface area contributed by atoms with E-state index in [0.29, 0.717) is 10.4 Å². The summed E-state index contributed by atoms with van der Waals surface area (Å²) in [4.78, 5) is -1.56. The highest BCUT2D eigenvalue weighted by Crippen LogP contribution is 2.36. The molecule has 0 bridgehead atoms. The van der Waals surface area contributed by atoms with Gasteiger partial charge in [-0.05, 0) is 23.6 Å². The minimum atomic E-state index is -4.94. The molecule has 10 nitrogen and oxygen atoms in total. The molecule has 150 valence electrons. The maximum absolute atomic E-state index is 12.2. The molecule has 0 aliphatic heterocycles. The standard InChI is InChI=1S/C13H14ClNO9S3/c1-15(25(17,18)3-2-14)11-7-10-8(5-13(11)27(22,23)24)4-9(6-12(10)16)26(19,20)21/h4-7,16H,2-3H2,1H3,(H,19,20,21)(H,22,23,24). The van der Waals surface area contributed by atoms with Crippen molar-refractivity contribution in [2.75, 3.05) is 23.0 Å². The highest BCUT2D eigenvalue weighted by atomic mass is 35.5. The number of phenolic OH excluding ortho intramolecular Hbond substituents is 1. The van der Waals surface area contributed by atoms with Gasteiger partial charge >= 0.3 is 0 Å². The molecule has 0 atom stereocenters.